The minimum absolute atomic E-state index is 0.147. The standard InChI is InChI=1S/C13H20BrN3O4S/c1-4-13(5-2,8-15)16-22(20,21)10-6-11(14)9(3)12(7-10)17(18)19/h6-7,16H,4-5,8,15H2,1-3H3. The van der Waals surface area contributed by atoms with Gasteiger partial charge in [-0.2, -0.15) is 0 Å². The van der Waals surface area contributed by atoms with Crippen molar-refractivity contribution in [2.24, 2.45) is 5.73 Å². The molecule has 0 aromatic heterocycles. The van der Waals surface area contributed by atoms with Gasteiger partial charge in [0.1, 0.15) is 0 Å². The molecule has 0 aliphatic heterocycles. The van der Waals surface area contributed by atoms with Crippen LogP contribution in [-0.2, 0) is 10.0 Å². The van der Waals surface area contributed by atoms with Crippen molar-refractivity contribution < 1.29 is 13.3 Å². The van der Waals surface area contributed by atoms with Gasteiger partial charge in [-0.25, -0.2) is 13.1 Å². The van der Waals surface area contributed by atoms with Gasteiger partial charge in [0, 0.05) is 28.2 Å². The summed E-state index contributed by atoms with van der Waals surface area (Å²) in [5, 5.41) is 11.1. The fourth-order valence-electron chi connectivity index (χ4n) is 2.05. The molecule has 0 heterocycles. The van der Waals surface area contributed by atoms with E-state index in [1.165, 1.54) is 6.07 Å². The lowest BCUT2D eigenvalue weighted by atomic mass is 9.95. The maximum absolute atomic E-state index is 12.6. The van der Waals surface area contributed by atoms with Gasteiger partial charge in [0.15, 0.2) is 0 Å². The van der Waals surface area contributed by atoms with Crippen molar-refractivity contribution in [3.05, 3.63) is 32.3 Å². The zero-order valence-corrected chi connectivity index (χ0v) is 15.1. The quantitative estimate of drug-likeness (QED) is 0.545. The van der Waals surface area contributed by atoms with Crippen molar-refractivity contribution >= 4 is 31.6 Å². The van der Waals surface area contributed by atoms with Crippen LogP contribution in [0.1, 0.15) is 32.3 Å². The van der Waals surface area contributed by atoms with Crippen molar-refractivity contribution in [2.45, 2.75) is 44.0 Å². The van der Waals surface area contributed by atoms with E-state index in [1.54, 1.807) is 6.92 Å². The number of nitrogens with two attached hydrogens (primary N) is 1. The highest BCUT2D eigenvalue weighted by atomic mass is 79.9. The summed E-state index contributed by atoms with van der Waals surface area (Å²) in [6.07, 6.45) is 1.04. The third-order valence-corrected chi connectivity index (χ3v) is 6.27. The van der Waals surface area contributed by atoms with Crippen LogP contribution in [0, 0.1) is 17.0 Å². The van der Waals surface area contributed by atoms with Crippen LogP contribution in [0.15, 0.2) is 21.5 Å². The van der Waals surface area contributed by atoms with Crippen molar-refractivity contribution in [1.82, 2.24) is 4.72 Å². The molecule has 0 fully saturated rings. The lowest BCUT2D eigenvalue weighted by molar-refractivity contribution is -0.385. The summed E-state index contributed by atoms with van der Waals surface area (Å²) in [5.74, 6) is 0. The number of nitro groups is 1. The van der Waals surface area contributed by atoms with E-state index < -0.39 is 20.5 Å². The van der Waals surface area contributed by atoms with E-state index in [-0.39, 0.29) is 17.1 Å². The molecule has 0 amide bonds. The average molecular weight is 394 g/mol. The van der Waals surface area contributed by atoms with Gasteiger partial charge in [-0.15, -0.1) is 0 Å². The number of benzene rings is 1. The minimum atomic E-state index is -3.91. The van der Waals surface area contributed by atoms with Crippen LogP contribution in [0.3, 0.4) is 0 Å². The summed E-state index contributed by atoms with van der Waals surface area (Å²) in [4.78, 5) is 10.3. The number of hydrogen-bond acceptors (Lipinski definition) is 5. The molecule has 9 heteroatoms. The van der Waals surface area contributed by atoms with Crippen LogP contribution < -0.4 is 10.5 Å². The minimum Gasteiger partial charge on any atom is -0.329 e. The molecule has 1 aromatic carbocycles. The number of nitro benzene ring substituents is 1. The van der Waals surface area contributed by atoms with Gasteiger partial charge < -0.3 is 5.73 Å². The molecule has 0 bridgehead atoms. The number of nitrogens with zero attached hydrogens (tertiary/aromatic N) is 1. The van der Waals surface area contributed by atoms with E-state index in [2.05, 4.69) is 20.7 Å². The first-order chi connectivity index (χ1) is 10.1. The second kappa shape index (κ2) is 7.03. The van der Waals surface area contributed by atoms with Gasteiger partial charge in [0.25, 0.3) is 5.69 Å². The Bertz CT molecular complexity index is 664. The van der Waals surface area contributed by atoms with E-state index in [9.17, 15) is 18.5 Å². The molecule has 124 valence electrons. The first kappa shape index (κ1) is 19.0. The van der Waals surface area contributed by atoms with Crippen LogP contribution in [0.25, 0.3) is 0 Å². The van der Waals surface area contributed by atoms with Gasteiger partial charge in [-0.3, -0.25) is 10.1 Å². The topological polar surface area (TPSA) is 115 Å². The van der Waals surface area contributed by atoms with Gasteiger partial charge >= 0.3 is 0 Å². The molecular weight excluding hydrogens is 374 g/mol. The summed E-state index contributed by atoms with van der Waals surface area (Å²) < 4.78 is 28.1. The summed E-state index contributed by atoms with van der Waals surface area (Å²) >= 11 is 3.17. The molecule has 0 saturated heterocycles. The molecular formula is C13H20BrN3O4S. The van der Waals surface area contributed by atoms with Crippen molar-refractivity contribution in [1.29, 1.82) is 0 Å². The third-order valence-electron chi connectivity index (χ3n) is 3.89. The number of hydrogen-bond donors (Lipinski definition) is 2. The van der Waals surface area contributed by atoms with E-state index >= 15 is 0 Å². The summed E-state index contributed by atoms with van der Waals surface area (Å²) in [6, 6.07) is 2.42. The molecule has 22 heavy (non-hydrogen) atoms. The molecule has 1 rings (SSSR count). The fourth-order valence-corrected chi connectivity index (χ4v) is 4.25. The van der Waals surface area contributed by atoms with Crippen molar-refractivity contribution in [3.8, 4) is 0 Å². The molecule has 0 unspecified atom stereocenters. The first-order valence-electron chi connectivity index (χ1n) is 6.81. The Morgan fingerprint density at radius 3 is 2.32 bits per heavy atom. The Morgan fingerprint density at radius 1 is 1.36 bits per heavy atom. The van der Waals surface area contributed by atoms with Crippen LogP contribution in [-0.4, -0.2) is 25.4 Å². The average Bonchev–Trinajstić information content (AvgIpc) is 2.47. The van der Waals surface area contributed by atoms with E-state index in [4.69, 9.17) is 5.73 Å². The Balaban J connectivity index is 3.38. The predicted molar refractivity (Wildman–Crippen MR) is 88.2 cm³/mol. The molecule has 0 aliphatic carbocycles. The van der Waals surface area contributed by atoms with E-state index in [1.807, 2.05) is 13.8 Å². The second-order valence-electron chi connectivity index (χ2n) is 5.10. The Hall–Kier alpha value is -1.03. The monoisotopic (exact) mass is 393 g/mol. The second-order valence-corrected chi connectivity index (χ2v) is 7.64. The SMILES string of the molecule is CCC(CC)(CN)NS(=O)(=O)c1cc(Br)c(C)c([N+](=O)[O-])c1. The molecule has 0 saturated carbocycles. The number of halogens is 1. The summed E-state index contributed by atoms with van der Waals surface area (Å²) in [5.41, 5.74) is 5.07. The number of rotatable bonds is 7. The highest BCUT2D eigenvalue weighted by Crippen LogP contribution is 2.30. The van der Waals surface area contributed by atoms with Gasteiger partial charge in [0.05, 0.1) is 9.82 Å². The Morgan fingerprint density at radius 2 is 1.91 bits per heavy atom. The van der Waals surface area contributed by atoms with Crippen LogP contribution >= 0.6 is 15.9 Å². The molecule has 0 spiro atoms. The number of nitrogens with one attached hydrogen (secondary N) is 1. The normalized spacial score (nSPS) is 12.4. The molecule has 7 nitrogen and oxygen atoms in total. The van der Waals surface area contributed by atoms with Crippen LogP contribution in [0.4, 0.5) is 5.69 Å². The van der Waals surface area contributed by atoms with E-state index in [0.717, 1.165) is 6.07 Å². The van der Waals surface area contributed by atoms with Crippen molar-refractivity contribution in [2.75, 3.05) is 6.54 Å². The maximum Gasteiger partial charge on any atom is 0.274 e. The first-order valence-corrected chi connectivity index (χ1v) is 9.08. The molecule has 3 N–H and O–H groups in total. The lowest BCUT2D eigenvalue weighted by Crippen LogP contribution is -2.52. The molecule has 0 radical (unpaired) electrons. The van der Waals surface area contributed by atoms with Gasteiger partial charge in [-0.05, 0) is 25.8 Å². The zero-order valence-electron chi connectivity index (χ0n) is 12.7. The lowest BCUT2D eigenvalue weighted by Gasteiger charge is -2.31. The van der Waals surface area contributed by atoms with Crippen molar-refractivity contribution in [3.63, 3.8) is 0 Å². The zero-order chi connectivity index (χ0) is 17.1. The number of sulfonamides is 1. The predicted octanol–water partition coefficient (Wildman–Crippen LogP) is 2.46. The third kappa shape index (κ3) is 3.83. The molecule has 1 aromatic rings. The largest absolute Gasteiger partial charge is 0.329 e. The smallest absolute Gasteiger partial charge is 0.274 e. The van der Waals surface area contributed by atoms with Gasteiger partial charge in [0.2, 0.25) is 10.0 Å². The maximum atomic E-state index is 12.6. The Labute approximate surface area is 138 Å². The molecule has 0 atom stereocenters. The molecule has 0 aliphatic rings. The van der Waals surface area contributed by atoms with Crippen LogP contribution in [0.5, 0.6) is 0 Å². The summed E-state index contributed by atoms with van der Waals surface area (Å²) in [7, 11) is -3.91. The Kier molecular flexibility index (Phi) is 6.08. The van der Waals surface area contributed by atoms with Gasteiger partial charge in [-0.1, -0.05) is 29.8 Å². The highest BCUT2D eigenvalue weighted by Gasteiger charge is 2.32. The highest BCUT2D eigenvalue weighted by molar-refractivity contribution is 9.10. The van der Waals surface area contributed by atoms with E-state index in [0.29, 0.717) is 22.9 Å². The summed E-state index contributed by atoms with van der Waals surface area (Å²) in [6.45, 7) is 5.38. The van der Waals surface area contributed by atoms with Crippen LogP contribution in [0.2, 0.25) is 0 Å². The fraction of sp³-hybridized carbons (Fsp3) is 0.538.